The van der Waals surface area contributed by atoms with Crippen LogP contribution in [0.15, 0.2) is 0 Å². The Morgan fingerprint density at radius 1 is 1.18 bits per heavy atom. The molecule has 1 saturated heterocycles. The third-order valence-electron chi connectivity index (χ3n) is 5.59. The number of nitrogens with one attached hydrogen (secondary N) is 3. The van der Waals surface area contributed by atoms with Gasteiger partial charge in [0.25, 0.3) is 11.8 Å². The fourth-order valence-corrected chi connectivity index (χ4v) is 4.06. The zero-order valence-corrected chi connectivity index (χ0v) is 15.9. The lowest BCUT2D eigenvalue weighted by Crippen LogP contribution is -2.48. The van der Waals surface area contributed by atoms with Crippen LogP contribution in [0.1, 0.15) is 58.3 Å². The molecule has 28 heavy (non-hydrogen) atoms. The number of imide groups is 2. The van der Waals surface area contributed by atoms with Crippen LogP contribution < -0.4 is 16.0 Å². The van der Waals surface area contributed by atoms with Crippen molar-refractivity contribution in [3.8, 4) is 0 Å². The highest BCUT2D eigenvalue weighted by Crippen LogP contribution is 2.34. The van der Waals surface area contributed by atoms with Crippen molar-refractivity contribution < 1.29 is 28.7 Å². The predicted octanol–water partition coefficient (Wildman–Crippen LogP) is 0.551. The number of hydrogen-bond acceptors (Lipinski definition) is 6. The van der Waals surface area contributed by atoms with Gasteiger partial charge in [0.1, 0.15) is 12.1 Å². The van der Waals surface area contributed by atoms with E-state index in [1.54, 1.807) is 0 Å². The van der Waals surface area contributed by atoms with Crippen molar-refractivity contribution in [2.75, 3.05) is 6.54 Å². The Morgan fingerprint density at radius 3 is 2.46 bits per heavy atom. The molecule has 1 spiro atoms. The summed E-state index contributed by atoms with van der Waals surface area (Å²) in [4.78, 5) is 61.3. The maximum atomic E-state index is 12.5. The second-order valence-corrected chi connectivity index (χ2v) is 7.69. The molecule has 3 fully saturated rings. The Labute approximate surface area is 162 Å². The molecule has 0 unspecified atom stereocenters. The Hall–Kier alpha value is -2.65. The molecule has 154 valence electrons. The molecule has 10 heteroatoms. The predicted molar refractivity (Wildman–Crippen MR) is 95.9 cm³/mol. The third kappa shape index (κ3) is 4.26. The number of hydrogen-bond donors (Lipinski definition) is 3. The summed E-state index contributed by atoms with van der Waals surface area (Å²) in [7, 11) is 0. The maximum absolute atomic E-state index is 12.5. The maximum Gasteiger partial charge on any atom is 0.327 e. The largest absolute Gasteiger partial charge is 0.451 e. The number of esters is 1. The molecule has 2 saturated carbocycles. The molecule has 0 aromatic rings. The van der Waals surface area contributed by atoms with Gasteiger partial charge in [-0.3, -0.25) is 24.6 Å². The normalized spacial score (nSPS) is 22.2. The summed E-state index contributed by atoms with van der Waals surface area (Å²) in [6.45, 7) is 0.749. The first kappa shape index (κ1) is 20.1. The zero-order valence-electron chi connectivity index (χ0n) is 15.9. The average Bonchev–Trinajstić information content (AvgIpc) is 3.35. The summed E-state index contributed by atoms with van der Waals surface area (Å²) < 4.78 is 4.99. The molecule has 0 radical (unpaired) electrons. The SMILES string of the molecule is C[C@H](OC(=O)CN1C(=O)NC2(CCCC2)C1=O)C(=O)NC(=O)NC1CCCC1. The van der Waals surface area contributed by atoms with Crippen molar-refractivity contribution in [1.82, 2.24) is 20.9 Å². The molecule has 2 aliphatic carbocycles. The van der Waals surface area contributed by atoms with Gasteiger partial charge in [0.15, 0.2) is 6.10 Å². The molecule has 6 amide bonds. The third-order valence-corrected chi connectivity index (χ3v) is 5.59. The van der Waals surface area contributed by atoms with Gasteiger partial charge in [-0.1, -0.05) is 25.7 Å². The Kier molecular flexibility index (Phi) is 5.85. The molecule has 1 aliphatic heterocycles. The smallest absolute Gasteiger partial charge is 0.327 e. The monoisotopic (exact) mass is 394 g/mol. The van der Waals surface area contributed by atoms with Crippen LogP contribution >= 0.6 is 0 Å². The van der Waals surface area contributed by atoms with E-state index >= 15 is 0 Å². The fraction of sp³-hybridized carbons (Fsp3) is 0.722. The van der Waals surface area contributed by atoms with E-state index < -0.39 is 48.0 Å². The highest BCUT2D eigenvalue weighted by atomic mass is 16.5. The first-order valence-corrected chi connectivity index (χ1v) is 9.76. The standard InChI is InChI=1S/C18H26N4O6/c1-11(14(24)20-16(26)19-12-6-2-3-7-12)28-13(23)10-22-15(25)18(21-17(22)27)8-4-5-9-18/h11-12H,2-10H2,1H3,(H,21,27)(H2,19,20,24,26)/t11-/m0/s1. The van der Waals surface area contributed by atoms with Crippen molar-refractivity contribution in [3.05, 3.63) is 0 Å². The summed E-state index contributed by atoms with van der Waals surface area (Å²) in [6, 6.07) is -1.21. The molecule has 0 bridgehead atoms. The molecular weight excluding hydrogens is 368 g/mol. The number of ether oxygens (including phenoxy) is 1. The lowest BCUT2D eigenvalue weighted by Gasteiger charge is -2.20. The summed E-state index contributed by atoms with van der Waals surface area (Å²) >= 11 is 0. The lowest BCUT2D eigenvalue weighted by molar-refractivity contribution is -0.156. The van der Waals surface area contributed by atoms with Crippen molar-refractivity contribution in [1.29, 1.82) is 0 Å². The van der Waals surface area contributed by atoms with Gasteiger partial charge in [0, 0.05) is 6.04 Å². The second kappa shape index (κ2) is 8.15. The minimum atomic E-state index is -1.23. The second-order valence-electron chi connectivity index (χ2n) is 7.69. The van der Waals surface area contributed by atoms with Crippen LogP contribution in [0.3, 0.4) is 0 Å². The molecule has 10 nitrogen and oxygen atoms in total. The van der Waals surface area contributed by atoms with Gasteiger partial charge >= 0.3 is 18.0 Å². The molecule has 3 rings (SSSR count). The molecule has 1 atom stereocenters. The summed E-state index contributed by atoms with van der Waals surface area (Å²) in [5.74, 6) is -2.09. The summed E-state index contributed by atoms with van der Waals surface area (Å²) in [5, 5.41) is 7.50. The Balaban J connectivity index is 1.46. The first-order chi connectivity index (χ1) is 13.3. The Bertz CT molecular complexity index is 682. The number of amides is 6. The van der Waals surface area contributed by atoms with Gasteiger partial charge in [-0.05, 0) is 32.6 Å². The highest BCUT2D eigenvalue weighted by molar-refractivity contribution is 6.09. The Morgan fingerprint density at radius 2 is 1.82 bits per heavy atom. The van der Waals surface area contributed by atoms with Crippen LogP contribution in [0.4, 0.5) is 9.59 Å². The van der Waals surface area contributed by atoms with Crippen molar-refractivity contribution in [2.24, 2.45) is 0 Å². The van der Waals surface area contributed by atoms with Crippen LogP contribution in [0.5, 0.6) is 0 Å². The number of urea groups is 2. The van der Waals surface area contributed by atoms with Crippen LogP contribution in [0, 0.1) is 0 Å². The van der Waals surface area contributed by atoms with Crippen LogP contribution in [-0.4, -0.2) is 59.0 Å². The van der Waals surface area contributed by atoms with E-state index in [1.165, 1.54) is 6.92 Å². The van der Waals surface area contributed by atoms with E-state index in [0.717, 1.165) is 43.4 Å². The van der Waals surface area contributed by atoms with Crippen molar-refractivity contribution in [3.63, 3.8) is 0 Å². The van der Waals surface area contributed by atoms with Crippen molar-refractivity contribution >= 4 is 29.8 Å². The van der Waals surface area contributed by atoms with E-state index in [0.29, 0.717) is 12.8 Å². The minimum absolute atomic E-state index is 0.0493. The van der Waals surface area contributed by atoms with Crippen LogP contribution in [-0.2, 0) is 19.1 Å². The fourth-order valence-electron chi connectivity index (χ4n) is 4.06. The average molecular weight is 394 g/mol. The molecule has 3 N–H and O–H groups in total. The quantitative estimate of drug-likeness (QED) is 0.461. The molecule has 3 aliphatic rings. The highest BCUT2D eigenvalue weighted by Gasteiger charge is 2.52. The van der Waals surface area contributed by atoms with Gasteiger partial charge < -0.3 is 15.4 Å². The van der Waals surface area contributed by atoms with Gasteiger partial charge in [0.05, 0.1) is 0 Å². The van der Waals surface area contributed by atoms with Crippen LogP contribution in [0.25, 0.3) is 0 Å². The zero-order chi connectivity index (χ0) is 20.3. The van der Waals surface area contributed by atoms with Crippen LogP contribution in [0.2, 0.25) is 0 Å². The molecule has 0 aromatic heterocycles. The van der Waals surface area contributed by atoms with Crippen molar-refractivity contribution in [2.45, 2.75) is 76.0 Å². The first-order valence-electron chi connectivity index (χ1n) is 9.76. The summed E-state index contributed by atoms with van der Waals surface area (Å²) in [6.07, 6.45) is 5.38. The molecule has 1 heterocycles. The van der Waals surface area contributed by atoms with Gasteiger partial charge in [-0.2, -0.15) is 0 Å². The van der Waals surface area contributed by atoms with E-state index in [4.69, 9.17) is 4.74 Å². The molecule has 0 aromatic carbocycles. The number of carbonyl (C=O) groups excluding carboxylic acids is 5. The van der Waals surface area contributed by atoms with E-state index in [-0.39, 0.29) is 6.04 Å². The number of nitrogens with zero attached hydrogens (tertiary/aromatic N) is 1. The van der Waals surface area contributed by atoms with Gasteiger partial charge in [-0.15, -0.1) is 0 Å². The summed E-state index contributed by atoms with van der Waals surface area (Å²) in [5.41, 5.74) is -0.904. The van der Waals surface area contributed by atoms with E-state index in [2.05, 4.69) is 16.0 Å². The minimum Gasteiger partial charge on any atom is -0.451 e. The van der Waals surface area contributed by atoms with E-state index in [9.17, 15) is 24.0 Å². The number of carbonyl (C=O) groups is 5. The van der Waals surface area contributed by atoms with Gasteiger partial charge in [0.2, 0.25) is 0 Å². The lowest BCUT2D eigenvalue weighted by atomic mass is 9.98. The topological polar surface area (TPSA) is 134 Å². The number of rotatable bonds is 5. The van der Waals surface area contributed by atoms with Gasteiger partial charge in [-0.25, -0.2) is 9.59 Å². The van der Waals surface area contributed by atoms with E-state index in [1.807, 2.05) is 0 Å². The molecular formula is C18H26N4O6.